The highest BCUT2D eigenvalue weighted by atomic mass is 19.2. The van der Waals surface area contributed by atoms with E-state index >= 15 is 0 Å². The molecule has 0 saturated carbocycles. The maximum Gasteiger partial charge on any atom is 0.201 e. The van der Waals surface area contributed by atoms with Gasteiger partial charge in [-0.15, -0.1) is 0 Å². The van der Waals surface area contributed by atoms with Gasteiger partial charge in [0.15, 0.2) is 11.6 Å². The number of halogens is 2. The van der Waals surface area contributed by atoms with Crippen LogP contribution in [0.15, 0.2) is 30.3 Å². The molecule has 0 aliphatic heterocycles. The van der Waals surface area contributed by atoms with Crippen LogP contribution in [0.3, 0.4) is 0 Å². The van der Waals surface area contributed by atoms with E-state index < -0.39 is 17.6 Å². The smallest absolute Gasteiger partial charge is 0.201 e. The molecule has 0 saturated heterocycles. The third-order valence-corrected chi connectivity index (χ3v) is 6.22. The molecule has 0 unspecified atom stereocenters. The van der Waals surface area contributed by atoms with Crippen molar-refractivity contribution < 1.29 is 23.4 Å². The number of carbonyl (C=O) groups is 1. The minimum Gasteiger partial charge on any atom is -0.545 e. The van der Waals surface area contributed by atoms with E-state index in [1.54, 1.807) is 12.1 Å². The van der Waals surface area contributed by atoms with Crippen LogP contribution >= 0.6 is 0 Å². The lowest BCUT2D eigenvalue weighted by molar-refractivity contribution is -0.254. The Balaban J connectivity index is 2.08. The first-order chi connectivity index (χ1) is 16.5. The van der Waals surface area contributed by atoms with Crippen LogP contribution in [0.4, 0.5) is 8.78 Å². The highest BCUT2D eigenvalue weighted by Gasteiger charge is 2.18. The summed E-state index contributed by atoms with van der Waals surface area (Å²) in [4.78, 5) is 11.6. The number of unbranched alkanes of at least 4 members (excludes halogenated alkanes) is 10. The monoisotopic (exact) mass is 473 g/mol. The second-order valence-corrected chi connectivity index (χ2v) is 9.04. The molecule has 2 rings (SSSR count). The van der Waals surface area contributed by atoms with Gasteiger partial charge in [0.1, 0.15) is 0 Å². The Labute approximate surface area is 203 Å². The van der Waals surface area contributed by atoms with Crippen LogP contribution in [0, 0.1) is 11.6 Å². The van der Waals surface area contributed by atoms with Crippen molar-refractivity contribution >= 4 is 5.97 Å². The molecule has 0 N–H and O–H groups in total. The molecule has 0 aliphatic rings. The Kier molecular flexibility index (Phi) is 12.7. The van der Waals surface area contributed by atoms with E-state index in [0.29, 0.717) is 6.61 Å². The van der Waals surface area contributed by atoms with Crippen LogP contribution in [-0.4, -0.2) is 12.6 Å². The Hall–Kier alpha value is -2.43. The minimum atomic E-state index is -1.41. The molecule has 5 heteroatoms. The number of aromatic carboxylic acids is 1. The highest BCUT2D eigenvalue weighted by molar-refractivity contribution is 5.95. The summed E-state index contributed by atoms with van der Waals surface area (Å²) in [5, 5.41) is 11.6. The van der Waals surface area contributed by atoms with Gasteiger partial charge in [-0.25, -0.2) is 4.39 Å². The van der Waals surface area contributed by atoms with E-state index in [1.807, 2.05) is 0 Å². The van der Waals surface area contributed by atoms with Crippen LogP contribution in [0.1, 0.15) is 107 Å². The van der Waals surface area contributed by atoms with Crippen LogP contribution < -0.4 is 9.84 Å². The summed E-state index contributed by atoms with van der Waals surface area (Å²) >= 11 is 0. The van der Waals surface area contributed by atoms with Gasteiger partial charge in [-0.2, -0.15) is 4.39 Å². The summed E-state index contributed by atoms with van der Waals surface area (Å²) < 4.78 is 35.2. The predicted molar refractivity (Wildman–Crippen MR) is 132 cm³/mol. The first kappa shape index (κ1) is 27.8. The molecule has 0 aliphatic carbocycles. The van der Waals surface area contributed by atoms with E-state index in [2.05, 4.69) is 13.8 Å². The number of hydrogen-bond acceptors (Lipinski definition) is 3. The average Bonchev–Trinajstić information content (AvgIpc) is 2.83. The van der Waals surface area contributed by atoms with Crippen molar-refractivity contribution in [3.05, 3.63) is 53.1 Å². The summed E-state index contributed by atoms with van der Waals surface area (Å²) in [7, 11) is 0. The van der Waals surface area contributed by atoms with E-state index in [-0.39, 0.29) is 22.4 Å². The number of hydrogen-bond donors (Lipinski definition) is 0. The fraction of sp³-hybridized carbons (Fsp3) is 0.552. The van der Waals surface area contributed by atoms with E-state index in [0.717, 1.165) is 50.5 Å². The number of carboxylic acids is 1. The van der Waals surface area contributed by atoms with Gasteiger partial charge >= 0.3 is 0 Å². The Morgan fingerprint density at radius 2 is 1.38 bits per heavy atom. The topological polar surface area (TPSA) is 49.4 Å². The fourth-order valence-corrected chi connectivity index (χ4v) is 4.17. The van der Waals surface area contributed by atoms with Gasteiger partial charge in [0, 0.05) is 11.1 Å². The molecule has 34 heavy (non-hydrogen) atoms. The zero-order chi connectivity index (χ0) is 24.8. The van der Waals surface area contributed by atoms with Crippen LogP contribution in [0.2, 0.25) is 0 Å². The van der Waals surface area contributed by atoms with Gasteiger partial charge in [0.05, 0.1) is 12.6 Å². The first-order valence-corrected chi connectivity index (χ1v) is 12.9. The van der Waals surface area contributed by atoms with Gasteiger partial charge in [0.25, 0.3) is 0 Å². The summed E-state index contributed by atoms with van der Waals surface area (Å²) in [5.74, 6) is -3.74. The third kappa shape index (κ3) is 8.73. The van der Waals surface area contributed by atoms with E-state index in [1.165, 1.54) is 56.7 Å². The summed E-state index contributed by atoms with van der Waals surface area (Å²) in [6.45, 7) is 4.66. The molecular formula is C29H39F2O3-. The minimum absolute atomic E-state index is 0.0894. The average molecular weight is 474 g/mol. The predicted octanol–water partition coefficient (Wildman–Crippen LogP) is 7.64. The summed E-state index contributed by atoms with van der Waals surface area (Å²) in [6, 6.07) is 7.58. The maximum absolute atomic E-state index is 15.0. The Morgan fingerprint density at radius 1 is 0.765 bits per heavy atom. The lowest BCUT2D eigenvalue weighted by Crippen LogP contribution is -2.23. The van der Waals surface area contributed by atoms with Gasteiger partial charge in [-0.1, -0.05) is 96.3 Å². The molecule has 0 bridgehead atoms. The maximum atomic E-state index is 15.0. The molecule has 0 amide bonds. The number of aryl methyl sites for hydroxylation is 1. The highest BCUT2D eigenvalue weighted by Crippen LogP contribution is 2.33. The number of rotatable bonds is 17. The van der Waals surface area contributed by atoms with Gasteiger partial charge in [-0.05, 0) is 42.5 Å². The Bertz CT molecular complexity index is 895. The van der Waals surface area contributed by atoms with Crippen molar-refractivity contribution in [2.75, 3.05) is 6.61 Å². The normalized spacial score (nSPS) is 11.1. The molecule has 188 valence electrons. The van der Waals surface area contributed by atoms with Crippen molar-refractivity contribution in [2.45, 2.75) is 97.3 Å². The molecular weight excluding hydrogens is 434 g/mol. The van der Waals surface area contributed by atoms with Crippen molar-refractivity contribution in [3.8, 4) is 16.9 Å². The number of benzene rings is 2. The zero-order valence-corrected chi connectivity index (χ0v) is 20.8. The first-order valence-electron chi connectivity index (χ1n) is 12.9. The molecule has 0 heterocycles. The summed E-state index contributed by atoms with van der Waals surface area (Å²) in [6.07, 6.45) is 14.0. The van der Waals surface area contributed by atoms with Crippen LogP contribution in [-0.2, 0) is 6.42 Å². The lowest BCUT2D eigenvalue weighted by atomic mass is 9.94. The van der Waals surface area contributed by atoms with Gasteiger partial charge in [0.2, 0.25) is 5.82 Å². The molecule has 0 spiro atoms. The zero-order valence-electron chi connectivity index (χ0n) is 20.8. The van der Waals surface area contributed by atoms with Crippen LogP contribution in [0.5, 0.6) is 5.75 Å². The van der Waals surface area contributed by atoms with Crippen molar-refractivity contribution in [1.29, 1.82) is 0 Å². The molecule has 0 atom stereocenters. The molecule has 2 aromatic rings. The van der Waals surface area contributed by atoms with Gasteiger partial charge < -0.3 is 14.6 Å². The second kappa shape index (κ2) is 15.5. The molecule has 0 fully saturated rings. The molecule has 0 aromatic heterocycles. The van der Waals surface area contributed by atoms with E-state index in [9.17, 15) is 18.7 Å². The fourth-order valence-electron chi connectivity index (χ4n) is 4.17. The van der Waals surface area contributed by atoms with Crippen molar-refractivity contribution in [3.63, 3.8) is 0 Å². The van der Waals surface area contributed by atoms with Crippen molar-refractivity contribution in [1.82, 2.24) is 0 Å². The summed E-state index contributed by atoms with van der Waals surface area (Å²) in [5.41, 5.74) is 0.806. The quantitative estimate of drug-likeness (QED) is 0.222. The largest absolute Gasteiger partial charge is 0.545 e. The number of ether oxygens (including phenoxy) is 1. The van der Waals surface area contributed by atoms with Crippen LogP contribution in [0.25, 0.3) is 11.1 Å². The molecule has 0 radical (unpaired) electrons. The third-order valence-electron chi connectivity index (χ3n) is 6.22. The molecule has 3 nitrogen and oxygen atoms in total. The number of carbonyl (C=O) groups excluding carboxylic acids is 1. The van der Waals surface area contributed by atoms with Crippen molar-refractivity contribution in [2.24, 2.45) is 0 Å². The number of carboxylic acid groups (broad SMARTS) is 1. The van der Waals surface area contributed by atoms with E-state index in [4.69, 9.17) is 4.74 Å². The standard InChI is InChI=1S/C29H40F2O3/c1-3-5-7-9-11-13-15-22-16-17-24(29(32)33)25(21-22)23-18-19-26(28(31)27(23)30)34-20-14-12-10-8-6-4-2/h16-19,21H,3-15,20H2,1-2H3,(H,32,33)/p-1. The Morgan fingerprint density at radius 3 is 2.03 bits per heavy atom. The SMILES string of the molecule is CCCCCCCCOc1ccc(-c2cc(CCCCCCCC)ccc2C(=O)[O-])c(F)c1F. The van der Waals surface area contributed by atoms with Gasteiger partial charge in [-0.3, -0.25) is 0 Å². The molecule has 2 aromatic carbocycles. The lowest BCUT2D eigenvalue weighted by Gasteiger charge is -2.15. The second-order valence-electron chi connectivity index (χ2n) is 9.04.